The van der Waals surface area contributed by atoms with Crippen molar-refractivity contribution in [3.05, 3.63) is 182 Å². The molecule has 3 heterocycles. The number of benzene rings is 8. The van der Waals surface area contributed by atoms with Crippen LogP contribution < -0.4 is 0 Å². The van der Waals surface area contributed by atoms with Crippen LogP contribution in [0, 0.1) is 0 Å². The monoisotopic (exact) mass is 706 g/mol. The van der Waals surface area contributed by atoms with Gasteiger partial charge in [0.2, 0.25) is 0 Å². The Labute approximate surface area is 315 Å². The van der Waals surface area contributed by atoms with Crippen LogP contribution in [-0.2, 0) is 0 Å². The lowest BCUT2D eigenvalue weighted by Crippen LogP contribution is -2.00. The molecule has 0 atom stereocenters. The highest BCUT2D eigenvalue weighted by Gasteiger charge is 2.17. The number of hydrogen-bond acceptors (Lipinski definition) is 4. The van der Waals surface area contributed by atoms with E-state index in [4.69, 9.17) is 15.0 Å². The van der Waals surface area contributed by atoms with Gasteiger partial charge in [-0.25, -0.2) is 15.0 Å². The second-order valence-electron chi connectivity index (χ2n) is 13.6. The zero-order chi connectivity index (χ0) is 35.6. The van der Waals surface area contributed by atoms with E-state index >= 15 is 0 Å². The van der Waals surface area contributed by atoms with Gasteiger partial charge in [0.25, 0.3) is 0 Å². The SMILES string of the molecule is c1ccc(-c2nc(-c3cccc(-c4ccc(-n5c6ccccc6c6ccc7ccccc7c65)cc4)c3)nc(-c3ccc4c(c3)sc3ccccc34)n2)cc1. The highest BCUT2D eigenvalue weighted by molar-refractivity contribution is 7.25. The van der Waals surface area contributed by atoms with E-state index in [9.17, 15) is 0 Å². The molecular formula is C49H30N4S. The first kappa shape index (κ1) is 30.7. The van der Waals surface area contributed by atoms with Gasteiger partial charge in [0.1, 0.15) is 0 Å². The van der Waals surface area contributed by atoms with Gasteiger partial charge in [-0.15, -0.1) is 11.3 Å². The molecule has 11 rings (SSSR count). The van der Waals surface area contributed by atoms with E-state index in [1.165, 1.54) is 52.8 Å². The number of thiophene rings is 1. The lowest BCUT2D eigenvalue weighted by Gasteiger charge is -2.12. The normalized spacial score (nSPS) is 11.7. The first-order valence-corrected chi connectivity index (χ1v) is 18.9. The van der Waals surface area contributed by atoms with Crippen molar-refractivity contribution in [1.29, 1.82) is 0 Å². The molecule has 0 unspecified atom stereocenters. The Morgan fingerprint density at radius 2 is 0.944 bits per heavy atom. The molecule has 8 aromatic carbocycles. The zero-order valence-electron chi connectivity index (χ0n) is 29.0. The van der Waals surface area contributed by atoms with Gasteiger partial charge in [0, 0.05) is 58.7 Å². The van der Waals surface area contributed by atoms with Crippen molar-refractivity contribution in [1.82, 2.24) is 19.5 Å². The van der Waals surface area contributed by atoms with Crippen molar-refractivity contribution in [2.75, 3.05) is 0 Å². The van der Waals surface area contributed by atoms with Gasteiger partial charge in [0.15, 0.2) is 17.5 Å². The van der Waals surface area contributed by atoms with Crippen LogP contribution in [0.2, 0.25) is 0 Å². The van der Waals surface area contributed by atoms with Crippen molar-refractivity contribution >= 4 is 64.1 Å². The number of hydrogen-bond donors (Lipinski definition) is 0. The molecule has 5 heteroatoms. The Morgan fingerprint density at radius 1 is 0.352 bits per heavy atom. The van der Waals surface area contributed by atoms with Crippen molar-refractivity contribution in [3.8, 4) is 51.0 Å². The summed E-state index contributed by atoms with van der Waals surface area (Å²) in [6.07, 6.45) is 0. The molecule has 0 spiro atoms. The first-order chi connectivity index (χ1) is 26.7. The second kappa shape index (κ2) is 12.3. The standard InChI is InChI=1S/C49H30N4S/c1-2-12-33(13-3-1)47-50-48(52-49(51-47)36-24-27-41-40-18-7-9-20-44(40)54-45(41)30-36)35-15-10-14-34(29-35)31-21-25-37(26-22-31)53-43-19-8-6-17-39(43)42-28-23-32-11-4-5-16-38(32)46(42)53/h1-30H. The predicted octanol–water partition coefficient (Wildman–Crippen LogP) is 13.2. The van der Waals surface area contributed by atoms with Crippen LogP contribution >= 0.6 is 11.3 Å². The van der Waals surface area contributed by atoms with E-state index in [1.807, 2.05) is 18.2 Å². The quantitative estimate of drug-likeness (QED) is 0.179. The van der Waals surface area contributed by atoms with E-state index in [1.54, 1.807) is 11.3 Å². The van der Waals surface area contributed by atoms with E-state index in [-0.39, 0.29) is 0 Å². The summed E-state index contributed by atoms with van der Waals surface area (Å²) in [7, 11) is 0. The van der Waals surface area contributed by atoms with Crippen molar-refractivity contribution < 1.29 is 0 Å². The lowest BCUT2D eigenvalue weighted by atomic mass is 10.0. The molecular weight excluding hydrogens is 677 g/mol. The molecule has 0 amide bonds. The highest BCUT2D eigenvalue weighted by atomic mass is 32.1. The fourth-order valence-electron chi connectivity index (χ4n) is 7.85. The maximum atomic E-state index is 5.10. The smallest absolute Gasteiger partial charge is 0.164 e. The minimum atomic E-state index is 0.644. The third kappa shape index (κ3) is 5.01. The van der Waals surface area contributed by atoms with Gasteiger partial charge in [-0.05, 0) is 52.9 Å². The topological polar surface area (TPSA) is 43.6 Å². The third-order valence-electron chi connectivity index (χ3n) is 10.4. The fourth-order valence-corrected chi connectivity index (χ4v) is 9.00. The summed E-state index contributed by atoms with van der Waals surface area (Å²) < 4.78 is 4.90. The fraction of sp³-hybridized carbons (Fsp3) is 0. The molecule has 0 aliphatic heterocycles. The molecule has 0 bridgehead atoms. The van der Waals surface area contributed by atoms with Gasteiger partial charge in [-0.1, -0.05) is 146 Å². The summed E-state index contributed by atoms with van der Waals surface area (Å²) in [5.41, 5.74) is 8.65. The predicted molar refractivity (Wildman–Crippen MR) is 226 cm³/mol. The molecule has 3 aromatic heterocycles. The number of fused-ring (bicyclic) bond motifs is 8. The van der Waals surface area contributed by atoms with Crippen LogP contribution in [0.15, 0.2) is 182 Å². The van der Waals surface area contributed by atoms with Crippen LogP contribution in [0.1, 0.15) is 0 Å². The second-order valence-corrected chi connectivity index (χ2v) is 14.7. The summed E-state index contributed by atoms with van der Waals surface area (Å²) in [5, 5.41) is 7.53. The Kier molecular flexibility index (Phi) is 7.00. The van der Waals surface area contributed by atoms with Crippen LogP contribution in [0.4, 0.5) is 0 Å². The minimum Gasteiger partial charge on any atom is -0.309 e. The average Bonchev–Trinajstić information content (AvgIpc) is 3.80. The lowest BCUT2D eigenvalue weighted by molar-refractivity contribution is 1.07. The molecule has 54 heavy (non-hydrogen) atoms. The molecule has 0 aliphatic rings. The zero-order valence-corrected chi connectivity index (χ0v) is 29.8. The highest BCUT2D eigenvalue weighted by Crippen LogP contribution is 2.38. The summed E-state index contributed by atoms with van der Waals surface area (Å²) in [5.74, 6) is 1.96. The Bertz CT molecular complexity index is 3210. The molecule has 0 fully saturated rings. The minimum absolute atomic E-state index is 0.644. The van der Waals surface area contributed by atoms with Crippen molar-refractivity contribution in [3.63, 3.8) is 0 Å². The molecule has 0 N–H and O–H groups in total. The maximum absolute atomic E-state index is 5.10. The Morgan fingerprint density at radius 3 is 1.78 bits per heavy atom. The van der Waals surface area contributed by atoms with Gasteiger partial charge in [0.05, 0.1) is 11.0 Å². The van der Waals surface area contributed by atoms with Crippen LogP contribution in [0.5, 0.6) is 0 Å². The van der Waals surface area contributed by atoms with Crippen LogP contribution in [0.3, 0.4) is 0 Å². The number of rotatable bonds is 5. The number of para-hydroxylation sites is 1. The Balaban J connectivity index is 1.01. The van der Waals surface area contributed by atoms with Crippen LogP contribution in [0.25, 0.3) is 104 Å². The van der Waals surface area contributed by atoms with Crippen LogP contribution in [-0.4, -0.2) is 19.5 Å². The van der Waals surface area contributed by atoms with E-state index in [2.05, 4.69) is 168 Å². The summed E-state index contributed by atoms with van der Waals surface area (Å²) in [6.45, 7) is 0. The molecule has 11 aromatic rings. The molecule has 252 valence electrons. The van der Waals surface area contributed by atoms with Gasteiger partial charge in [-0.2, -0.15) is 0 Å². The van der Waals surface area contributed by atoms with E-state index in [0.29, 0.717) is 17.5 Å². The summed E-state index contributed by atoms with van der Waals surface area (Å²) >= 11 is 1.80. The van der Waals surface area contributed by atoms with Gasteiger partial charge in [-0.3, -0.25) is 0 Å². The van der Waals surface area contributed by atoms with E-state index < -0.39 is 0 Å². The maximum Gasteiger partial charge on any atom is 0.164 e. The molecule has 0 saturated carbocycles. The summed E-state index contributed by atoms with van der Waals surface area (Å²) in [6, 6.07) is 64.5. The number of aromatic nitrogens is 4. The van der Waals surface area contributed by atoms with Crippen molar-refractivity contribution in [2.24, 2.45) is 0 Å². The largest absolute Gasteiger partial charge is 0.309 e. The van der Waals surface area contributed by atoms with Crippen molar-refractivity contribution in [2.45, 2.75) is 0 Å². The first-order valence-electron chi connectivity index (χ1n) is 18.1. The molecule has 0 radical (unpaired) electrons. The summed E-state index contributed by atoms with van der Waals surface area (Å²) in [4.78, 5) is 15.2. The van der Waals surface area contributed by atoms with Gasteiger partial charge >= 0.3 is 0 Å². The van der Waals surface area contributed by atoms with Gasteiger partial charge < -0.3 is 4.57 Å². The molecule has 0 aliphatic carbocycles. The molecule has 0 saturated heterocycles. The third-order valence-corrected chi connectivity index (χ3v) is 11.6. The molecule has 4 nitrogen and oxygen atoms in total. The van der Waals surface area contributed by atoms with E-state index in [0.717, 1.165) is 33.5 Å². The average molecular weight is 707 g/mol. The Hall–Kier alpha value is -6.95. The number of nitrogens with zero attached hydrogens (tertiary/aromatic N) is 4.